The molecule has 2 fully saturated rings. The number of piperidine rings is 1. The predicted molar refractivity (Wildman–Crippen MR) is 128 cm³/mol. The molecule has 4 rings (SSSR count). The molecule has 7 nitrogen and oxygen atoms in total. The molecule has 2 aliphatic heterocycles. The molecule has 2 N–H and O–H groups in total. The van der Waals surface area contributed by atoms with E-state index >= 15 is 0 Å². The molecule has 192 valence electrons. The third kappa shape index (κ3) is 5.10. The van der Waals surface area contributed by atoms with Gasteiger partial charge in [-0.2, -0.15) is 13.2 Å². The average Bonchev–Trinajstić information content (AvgIpc) is 2.79. The Morgan fingerprint density at radius 2 is 2.06 bits per heavy atom. The second-order valence-corrected chi connectivity index (χ2v) is 9.90. The number of hydrogen-bond acceptors (Lipinski definition) is 5. The van der Waals surface area contributed by atoms with Crippen molar-refractivity contribution in [2.75, 3.05) is 11.9 Å². The minimum atomic E-state index is -4.75. The van der Waals surface area contributed by atoms with E-state index in [9.17, 15) is 22.8 Å². The van der Waals surface area contributed by atoms with Crippen molar-refractivity contribution in [3.8, 4) is 0 Å². The number of amidine groups is 1. The van der Waals surface area contributed by atoms with Crippen LogP contribution in [0.15, 0.2) is 36.7 Å². The van der Waals surface area contributed by atoms with Gasteiger partial charge in [0.25, 0.3) is 5.91 Å². The zero-order valence-corrected chi connectivity index (χ0v) is 20.5. The number of rotatable bonds is 4. The number of hydrogen-bond donors (Lipinski definition) is 2. The summed E-state index contributed by atoms with van der Waals surface area (Å²) in [5.74, 6) is -0.990. The number of aromatic nitrogens is 1. The number of pyridine rings is 1. The molecule has 2 aliphatic rings. The van der Waals surface area contributed by atoms with Gasteiger partial charge in [-0.15, -0.1) is 0 Å². The van der Waals surface area contributed by atoms with Gasteiger partial charge in [-0.1, -0.05) is 30.7 Å². The number of benzene rings is 1. The highest BCUT2D eigenvalue weighted by molar-refractivity contribution is 6.35. The molecule has 11 heteroatoms. The Labute approximate surface area is 211 Å². The van der Waals surface area contributed by atoms with E-state index in [0.717, 1.165) is 12.3 Å². The number of nitrogens with zero attached hydrogens (tertiary/aromatic N) is 2. The van der Waals surface area contributed by atoms with Crippen molar-refractivity contribution in [3.05, 3.63) is 58.4 Å². The molecule has 36 heavy (non-hydrogen) atoms. The van der Waals surface area contributed by atoms with Gasteiger partial charge in [0.05, 0.1) is 27.9 Å². The van der Waals surface area contributed by atoms with E-state index in [2.05, 4.69) is 10.3 Å². The van der Waals surface area contributed by atoms with Gasteiger partial charge in [0.2, 0.25) is 5.91 Å². The molecule has 2 amide bonds. The Morgan fingerprint density at radius 1 is 1.31 bits per heavy atom. The fourth-order valence-corrected chi connectivity index (χ4v) is 5.41. The molecule has 0 unspecified atom stereocenters. The fraction of sp³-hybridized carbons (Fsp3) is 0.440. The Morgan fingerprint density at radius 3 is 2.72 bits per heavy atom. The van der Waals surface area contributed by atoms with Crippen molar-refractivity contribution in [2.24, 2.45) is 0 Å². The third-order valence-corrected chi connectivity index (χ3v) is 7.16. The Balaban J connectivity index is 1.58. The molecule has 3 heterocycles. The van der Waals surface area contributed by atoms with Crippen molar-refractivity contribution < 1.29 is 27.5 Å². The number of ether oxygens (including phenoxy) is 1. The molecule has 0 bridgehead atoms. The summed E-state index contributed by atoms with van der Waals surface area (Å²) >= 11 is 6.63. The molecule has 0 saturated carbocycles. The third-order valence-electron chi connectivity index (χ3n) is 6.75. The molecular weight excluding hydrogens is 497 g/mol. The van der Waals surface area contributed by atoms with E-state index in [0.29, 0.717) is 31.2 Å². The Bertz CT molecular complexity index is 1190. The van der Waals surface area contributed by atoms with Gasteiger partial charge in [0.15, 0.2) is 0 Å². The summed E-state index contributed by atoms with van der Waals surface area (Å²) in [6, 6.07) is 5.69. The summed E-state index contributed by atoms with van der Waals surface area (Å²) in [7, 11) is 0. The highest BCUT2D eigenvalue weighted by Crippen LogP contribution is 2.43. The van der Waals surface area contributed by atoms with Crippen LogP contribution in [0.3, 0.4) is 0 Å². The smallest absolute Gasteiger partial charge is 0.378 e. The molecule has 1 aromatic carbocycles. The maximum absolute atomic E-state index is 13.3. The SMILES string of the molecule is C[C@@H]1C[C@H](N2C(=N)C[C@](C)(c3cccc(NC(=O)c4ccncc4C(F)(F)F)c3Cl)CC2=O)CCO1. The number of alkyl halides is 3. The summed E-state index contributed by atoms with van der Waals surface area (Å²) in [6.45, 7) is 4.29. The number of carbonyl (C=O) groups is 2. The maximum atomic E-state index is 13.3. The highest BCUT2D eigenvalue weighted by Gasteiger charge is 2.44. The summed E-state index contributed by atoms with van der Waals surface area (Å²) < 4.78 is 45.6. The van der Waals surface area contributed by atoms with Gasteiger partial charge in [-0.25, -0.2) is 0 Å². The van der Waals surface area contributed by atoms with Gasteiger partial charge in [0.1, 0.15) is 5.84 Å². The number of amides is 2. The first-order valence-corrected chi connectivity index (χ1v) is 11.9. The van der Waals surface area contributed by atoms with Crippen LogP contribution in [0.25, 0.3) is 0 Å². The van der Waals surface area contributed by atoms with Gasteiger partial charge >= 0.3 is 6.18 Å². The van der Waals surface area contributed by atoms with Gasteiger partial charge in [0, 0.05) is 43.3 Å². The van der Waals surface area contributed by atoms with Crippen LogP contribution < -0.4 is 5.32 Å². The maximum Gasteiger partial charge on any atom is 0.418 e. The van der Waals surface area contributed by atoms with E-state index in [1.54, 1.807) is 17.0 Å². The normalized spacial score (nSPS) is 25.1. The van der Waals surface area contributed by atoms with E-state index in [4.69, 9.17) is 21.7 Å². The molecule has 0 radical (unpaired) electrons. The largest absolute Gasteiger partial charge is 0.418 e. The van der Waals surface area contributed by atoms with Crippen molar-refractivity contribution in [2.45, 2.75) is 63.3 Å². The number of likely N-dealkylation sites (tertiary alicyclic amines) is 1. The van der Waals surface area contributed by atoms with Crippen LogP contribution >= 0.6 is 11.6 Å². The summed E-state index contributed by atoms with van der Waals surface area (Å²) in [5, 5.41) is 11.2. The summed E-state index contributed by atoms with van der Waals surface area (Å²) in [4.78, 5) is 31.0. The average molecular weight is 523 g/mol. The van der Waals surface area contributed by atoms with Crippen molar-refractivity contribution in [1.82, 2.24) is 9.88 Å². The van der Waals surface area contributed by atoms with E-state index in [-0.39, 0.29) is 47.4 Å². The molecule has 1 aromatic heterocycles. The molecule has 0 aliphatic carbocycles. The monoisotopic (exact) mass is 522 g/mol. The molecular formula is C25H26ClF3N4O3. The second kappa shape index (κ2) is 9.82. The Hall–Kier alpha value is -2.98. The van der Waals surface area contributed by atoms with Crippen LogP contribution in [-0.2, 0) is 21.1 Å². The minimum absolute atomic E-state index is 0.00524. The van der Waals surface area contributed by atoms with Gasteiger partial charge in [-0.3, -0.25) is 24.9 Å². The highest BCUT2D eigenvalue weighted by atomic mass is 35.5. The molecule has 0 spiro atoms. The minimum Gasteiger partial charge on any atom is -0.378 e. The lowest BCUT2D eigenvalue weighted by molar-refractivity contribution is -0.138. The molecule has 2 saturated heterocycles. The molecule has 3 atom stereocenters. The Kier molecular flexibility index (Phi) is 7.12. The van der Waals surface area contributed by atoms with Crippen LogP contribution in [0.1, 0.15) is 61.0 Å². The second-order valence-electron chi connectivity index (χ2n) is 9.52. The van der Waals surface area contributed by atoms with Crippen molar-refractivity contribution >= 4 is 34.9 Å². The number of halogens is 4. The first-order chi connectivity index (χ1) is 16.9. The first-order valence-electron chi connectivity index (χ1n) is 11.5. The van der Waals surface area contributed by atoms with E-state index < -0.39 is 28.6 Å². The molecule has 2 aromatic rings. The predicted octanol–water partition coefficient (Wildman–Crippen LogP) is 5.43. The van der Waals surface area contributed by atoms with Gasteiger partial charge in [-0.05, 0) is 37.5 Å². The standard InChI is InChI=1S/C25H26ClF3N4O3/c1-14-10-15(7-9-36-14)33-20(30)11-24(2,12-21(33)34)17-4-3-5-19(22(17)26)32-23(35)16-6-8-31-13-18(16)25(27,28)29/h3-6,8,13-15,30H,7,9-12H2,1-2H3,(H,32,35)/t14-,15-,24+/m1/s1. The lowest BCUT2D eigenvalue weighted by Gasteiger charge is -2.44. The zero-order chi connectivity index (χ0) is 26.3. The van der Waals surface area contributed by atoms with Gasteiger partial charge < -0.3 is 10.1 Å². The van der Waals surface area contributed by atoms with Crippen LogP contribution in [0.5, 0.6) is 0 Å². The van der Waals surface area contributed by atoms with E-state index in [1.165, 1.54) is 6.07 Å². The number of carbonyl (C=O) groups excluding carboxylic acids is 2. The quantitative estimate of drug-likeness (QED) is 0.559. The first kappa shape index (κ1) is 26.1. The van der Waals surface area contributed by atoms with Crippen LogP contribution in [0.4, 0.5) is 18.9 Å². The number of nitrogens with one attached hydrogen (secondary N) is 2. The van der Waals surface area contributed by atoms with E-state index in [1.807, 2.05) is 13.8 Å². The lowest BCUT2D eigenvalue weighted by atomic mass is 9.73. The zero-order valence-electron chi connectivity index (χ0n) is 19.8. The van der Waals surface area contributed by atoms with Crippen molar-refractivity contribution in [1.29, 1.82) is 5.41 Å². The topological polar surface area (TPSA) is 95.4 Å². The summed E-state index contributed by atoms with van der Waals surface area (Å²) in [6.07, 6.45) is -1.40. The van der Waals surface area contributed by atoms with Crippen LogP contribution in [0.2, 0.25) is 5.02 Å². The lowest BCUT2D eigenvalue weighted by Crippen LogP contribution is -2.54. The number of anilines is 1. The van der Waals surface area contributed by atoms with Crippen LogP contribution in [-0.4, -0.2) is 46.3 Å². The van der Waals surface area contributed by atoms with Crippen LogP contribution in [0, 0.1) is 5.41 Å². The fourth-order valence-electron chi connectivity index (χ4n) is 5.01. The summed E-state index contributed by atoms with van der Waals surface area (Å²) in [5.41, 5.74) is -1.92. The van der Waals surface area contributed by atoms with Crippen molar-refractivity contribution in [3.63, 3.8) is 0 Å².